The maximum Gasteiger partial charge on any atom is 0.168 e. The van der Waals surface area contributed by atoms with Crippen LogP contribution in [0.15, 0.2) is 63.8 Å². The van der Waals surface area contributed by atoms with E-state index in [-0.39, 0.29) is 6.17 Å². The summed E-state index contributed by atoms with van der Waals surface area (Å²) in [4.78, 5) is 8.10. The Morgan fingerprint density at radius 2 is 1.96 bits per heavy atom. The summed E-state index contributed by atoms with van der Waals surface area (Å²) in [6, 6.07) is 9.72. The third-order valence-electron chi connectivity index (χ3n) is 4.83. The van der Waals surface area contributed by atoms with Crippen molar-refractivity contribution in [3.8, 4) is 0 Å². The molecule has 3 rings (SSSR count). The summed E-state index contributed by atoms with van der Waals surface area (Å²) < 4.78 is 12.3. The molecular weight excluding hydrogens is 344 g/mol. The fourth-order valence-electron chi connectivity index (χ4n) is 3.44. The molecule has 0 bridgehead atoms. The quantitative estimate of drug-likeness (QED) is 0.431. The van der Waals surface area contributed by atoms with Crippen LogP contribution in [0.5, 0.6) is 0 Å². The Hall–Kier alpha value is -1.76. The topological polar surface area (TPSA) is 67.9 Å². The lowest BCUT2D eigenvalue weighted by Crippen LogP contribution is -2.38. The van der Waals surface area contributed by atoms with Crippen molar-refractivity contribution in [1.29, 1.82) is 0 Å². The number of rotatable bonds is 8. The van der Waals surface area contributed by atoms with Gasteiger partial charge in [-0.2, -0.15) is 0 Å². The number of benzene rings is 1. The van der Waals surface area contributed by atoms with Crippen molar-refractivity contribution in [3.63, 3.8) is 0 Å². The van der Waals surface area contributed by atoms with E-state index in [4.69, 9.17) is 10.8 Å². The average molecular weight is 373 g/mol. The van der Waals surface area contributed by atoms with Gasteiger partial charge in [-0.15, -0.1) is 0 Å². The smallest absolute Gasteiger partial charge is 0.168 e. The van der Waals surface area contributed by atoms with Gasteiger partial charge in [-0.3, -0.25) is 5.01 Å². The molecule has 5 nitrogen and oxygen atoms in total. The van der Waals surface area contributed by atoms with E-state index >= 15 is 0 Å². The van der Waals surface area contributed by atoms with Gasteiger partial charge in [0.05, 0.1) is 5.70 Å². The number of unbranched alkanes of at least 4 members (excludes halogenated alkanes) is 2. The minimum absolute atomic E-state index is 0.166. The number of amidine groups is 1. The predicted octanol–water partition coefficient (Wildman–Crippen LogP) is 3.39. The van der Waals surface area contributed by atoms with Crippen LogP contribution in [0.2, 0.25) is 0 Å². The SMILES string of the molecule is CCC1N=C2C(=C(C)C=CN2N)N1CCCCC[S+]([O-])c1ccccc1. The van der Waals surface area contributed by atoms with Crippen LogP contribution in [0.3, 0.4) is 0 Å². The largest absolute Gasteiger partial charge is 0.611 e. The lowest BCUT2D eigenvalue weighted by molar-refractivity contribution is 0.274. The van der Waals surface area contributed by atoms with Gasteiger partial charge in [0.1, 0.15) is 11.9 Å². The minimum atomic E-state index is -0.892. The van der Waals surface area contributed by atoms with Crippen LogP contribution in [0, 0.1) is 0 Å². The van der Waals surface area contributed by atoms with E-state index in [2.05, 4.69) is 18.7 Å². The zero-order valence-corrected chi connectivity index (χ0v) is 16.4. The van der Waals surface area contributed by atoms with Gasteiger partial charge < -0.3 is 9.45 Å². The molecule has 26 heavy (non-hydrogen) atoms. The van der Waals surface area contributed by atoms with E-state index in [0.717, 1.165) is 54.4 Å². The number of hydrogen-bond acceptors (Lipinski definition) is 5. The highest BCUT2D eigenvalue weighted by Gasteiger charge is 2.33. The fourth-order valence-corrected chi connectivity index (χ4v) is 4.60. The van der Waals surface area contributed by atoms with Crippen molar-refractivity contribution in [2.45, 2.75) is 50.6 Å². The maximum absolute atomic E-state index is 12.3. The molecule has 2 atom stereocenters. The molecule has 0 amide bonds. The second-order valence-electron chi connectivity index (χ2n) is 6.71. The van der Waals surface area contributed by atoms with Crippen molar-refractivity contribution in [1.82, 2.24) is 9.91 Å². The number of hydrogen-bond donors (Lipinski definition) is 1. The van der Waals surface area contributed by atoms with Gasteiger partial charge in [-0.05, 0) is 67.6 Å². The first-order chi connectivity index (χ1) is 12.6. The van der Waals surface area contributed by atoms with Gasteiger partial charge in [0.25, 0.3) is 0 Å². The van der Waals surface area contributed by atoms with Gasteiger partial charge in [0.15, 0.2) is 10.7 Å². The second kappa shape index (κ2) is 8.75. The van der Waals surface area contributed by atoms with Crippen molar-refractivity contribution < 1.29 is 4.55 Å². The Morgan fingerprint density at radius 3 is 2.69 bits per heavy atom. The van der Waals surface area contributed by atoms with E-state index in [1.807, 2.05) is 42.6 Å². The van der Waals surface area contributed by atoms with Crippen LogP contribution in [0.1, 0.15) is 39.5 Å². The van der Waals surface area contributed by atoms with Gasteiger partial charge in [-0.25, -0.2) is 10.8 Å². The summed E-state index contributed by atoms with van der Waals surface area (Å²) in [5.74, 6) is 7.65. The molecule has 0 saturated heterocycles. The van der Waals surface area contributed by atoms with E-state index in [0.29, 0.717) is 0 Å². The first-order valence-corrected chi connectivity index (χ1v) is 10.6. The van der Waals surface area contributed by atoms with E-state index in [9.17, 15) is 4.55 Å². The molecule has 0 aliphatic carbocycles. The van der Waals surface area contributed by atoms with Crippen molar-refractivity contribution in [3.05, 3.63) is 53.9 Å². The van der Waals surface area contributed by atoms with Crippen LogP contribution in [0.4, 0.5) is 0 Å². The predicted molar refractivity (Wildman–Crippen MR) is 108 cm³/mol. The Labute approximate surface area is 159 Å². The Kier molecular flexibility index (Phi) is 6.40. The summed E-state index contributed by atoms with van der Waals surface area (Å²) in [6.07, 6.45) is 8.15. The third-order valence-corrected chi connectivity index (χ3v) is 6.29. The van der Waals surface area contributed by atoms with Crippen LogP contribution >= 0.6 is 0 Å². The molecule has 0 saturated carbocycles. The summed E-state index contributed by atoms with van der Waals surface area (Å²) in [5, 5.41) is 1.62. The van der Waals surface area contributed by atoms with Gasteiger partial charge in [0, 0.05) is 12.7 Å². The van der Waals surface area contributed by atoms with E-state index < -0.39 is 11.2 Å². The zero-order chi connectivity index (χ0) is 18.5. The standard InChI is InChI=1S/C20H28N4OS/c1-3-18-22-20-19(16(2)12-14-24(20)21)23(18)13-8-5-9-15-26(25)17-10-6-4-7-11-17/h4,6-7,10-12,14,18H,3,5,8-9,13,15,21H2,1-2H3. The van der Waals surface area contributed by atoms with Crippen molar-refractivity contribution in [2.75, 3.05) is 12.3 Å². The lowest BCUT2D eigenvalue weighted by Gasteiger charge is -2.29. The molecule has 2 unspecified atom stereocenters. The fraction of sp³-hybridized carbons (Fsp3) is 0.450. The monoisotopic (exact) mass is 372 g/mol. The van der Waals surface area contributed by atoms with Gasteiger partial charge in [-0.1, -0.05) is 25.1 Å². The number of nitrogens with two attached hydrogens (primary N) is 1. The number of fused-ring (bicyclic) bond motifs is 1. The van der Waals surface area contributed by atoms with Crippen LogP contribution in [-0.2, 0) is 11.2 Å². The summed E-state index contributed by atoms with van der Waals surface area (Å²) >= 11 is -0.892. The van der Waals surface area contributed by atoms with Crippen LogP contribution in [0.25, 0.3) is 0 Å². The molecular formula is C20H28N4OS. The number of hydrazine groups is 1. The number of allylic oxidation sites excluding steroid dienone is 2. The van der Waals surface area contributed by atoms with E-state index in [1.54, 1.807) is 5.01 Å². The zero-order valence-electron chi connectivity index (χ0n) is 15.6. The van der Waals surface area contributed by atoms with Crippen molar-refractivity contribution >= 4 is 17.0 Å². The Balaban J connectivity index is 1.49. The van der Waals surface area contributed by atoms with Gasteiger partial charge in [0.2, 0.25) is 0 Å². The number of nitrogens with zero attached hydrogens (tertiary/aromatic N) is 3. The highest BCUT2D eigenvalue weighted by atomic mass is 32.2. The molecule has 6 heteroatoms. The highest BCUT2D eigenvalue weighted by Crippen LogP contribution is 2.30. The molecule has 2 aliphatic heterocycles. The Bertz CT molecular complexity index is 701. The molecule has 1 aromatic rings. The summed E-state index contributed by atoms with van der Waals surface area (Å²) in [5.41, 5.74) is 2.38. The first kappa shape index (κ1) is 19.0. The molecule has 2 heterocycles. The second-order valence-corrected chi connectivity index (χ2v) is 8.28. The summed E-state index contributed by atoms with van der Waals surface area (Å²) in [7, 11) is 0. The molecule has 0 spiro atoms. The molecule has 1 aromatic carbocycles. The third kappa shape index (κ3) is 4.14. The van der Waals surface area contributed by atoms with Crippen LogP contribution < -0.4 is 5.84 Å². The molecule has 0 fully saturated rings. The molecule has 2 aliphatic rings. The molecule has 0 radical (unpaired) electrons. The molecule has 2 N–H and O–H groups in total. The van der Waals surface area contributed by atoms with Gasteiger partial charge >= 0.3 is 0 Å². The first-order valence-electron chi connectivity index (χ1n) is 9.33. The average Bonchev–Trinajstić information content (AvgIpc) is 3.05. The Morgan fingerprint density at radius 1 is 1.19 bits per heavy atom. The van der Waals surface area contributed by atoms with Crippen molar-refractivity contribution in [2.24, 2.45) is 10.8 Å². The minimum Gasteiger partial charge on any atom is -0.611 e. The lowest BCUT2D eigenvalue weighted by atomic mass is 10.1. The van der Waals surface area contributed by atoms with E-state index in [1.165, 1.54) is 5.57 Å². The maximum atomic E-state index is 12.3. The normalized spacial score (nSPS) is 20.5. The number of aliphatic imine (C=N–C) groups is 1. The van der Waals surface area contributed by atoms with Crippen LogP contribution in [-0.4, -0.2) is 38.8 Å². The molecule has 0 aromatic heterocycles. The molecule has 140 valence electrons. The highest BCUT2D eigenvalue weighted by molar-refractivity contribution is 7.91. The summed E-state index contributed by atoms with van der Waals surface area (Å²) in [6.45, 7) is 5.23.